The van der Waals surface area contributed by atoms with Crippen molar-refractivity contribution in [2.75, 3.05) is 0 Å². The van der Waals surface area contributed by atoms with Crippen LogP contribution >= 0.6 is 34.2 Å². The summed E-state index contributed by atoms with van der Waals surface area (Å²) in [6.45, 7) is 2.09. The van der Waals surface area contributed by atoms with Gasteiger partial charge < -0.3 is 4.98 Å². The van der Waals surface area contributed by atoms with Crippen LogP contribution in [0.1, 0.15) is 30.2 Å². The van der Waals surface area contributed by atoms with Gasteiger partial charge in [0.05, 0.1) is 5.02 Å². The monoisotopic (exact) mass is 502 g/mol. The number of aromatic amines is 1. The van der Waals surface area contributed by atoms with Gasteiger partial charge in [0.25, 0.3) is 0 Å². The first-order chi connectivity index (χ1) is 13.6. The Balaban J connectivity index is 2.02. The van der Waals surface area contributed by atoms with Crippen molar-refractivity contribution in [3.05, 3.63) is 98.2 Å². The lowest BCUT2D eigenvalue weighted by molar-refractivity contribution is 0.628. The molecule has 2 nitrogen and oxygen atoms in total. The number of hydrogen-bond donors (Lipinski definition) is 1. The van der Waals surface area contributed by atoms with Gasteiger partial charge in [-0.15, -0.1) is 0 Å². The van der Waals surface area contributed by atoms with E-state index in [9.17, 15) is 4.39 Å². The molecular formula is C23H17ClFIN2. The second kappa shape index (κ2) is 8.05. The SMILES string of the molecule is CC/C(=C(/c1ccc(I)cc1)c1cc2cnccc2[nH]1)c1ccc(F)cc1Cl. The van der Waals surface area contributed by atoms with E-state index in [0.29, 0.717) is 5.02 Å². The molecule has 28 heavy (non-hydrogen) atoms. The Hall–Kier alpha value is -2.18. The summed E-state index contributed by atoms with van der Waals surface area (Å²) in [5.41, 5.74) is 6.05. The first-order valence-corrected chi connectivity index (χ1v) is 10.4. The molecule has 4 rings (SSSR count). The van der Waals surface area contributed by atoms with Crippen LogP contribution in [0.3, 0.4) is 0 Å². The predicted octanol–water partition coefficient (Wildman–Crippen LogP) is 7.33. The lowest BCUT2D eigenvalue weighted by Crippen LogP contribution is -1.96. The number of hydrogen-bond acceptors (Lipinski definition) is 1. The summed E-state index contributed by atoms with van der Waals surface area (Å²) in [7, 11) is 0. The van der Waals surface area contributed by atoms with Crippen LogP contribution in [0.5, 0.6) is 0 Å². The second-order valence-electron chi connectivity index (χ2n) is 6.48. The summed E-state index contributed by atoms with van der Waals surface area (Å²) in [6, 6.07) is 17.0. The van der Waals surface area contributed by atoms with E-state index in [1.54, 1.807) is 12.3 Å². The van der Waals surface area contributed by atoms with Crippen LogP contribution < -0.4 is 0 Å². The van der Waals surface area contributed by atoms with Crippen molar-refractivity contribution in [3.63, 3.8) is 0 Å². The third-order valence-electron chi connectivity index (χ3n) is 4.73. The minimum absolute atomic E-state index is 0.336. The Kier molecular flexibility index (Phi) is 5.51. The molecule has 140 valence electrons. The van der Waals surface area contributed by atoms with Gasteiger partial charge in [0, 0.05) is 38.1 Å². The molecule has 2 aromatic carbocycles. The molecule has 0 saturated heterocycles. The minimum Gasteiger partial charge on any atom is -0.354 e. The summed E-state index contributed by atoms with van der Waals surface area (Å²) in [4.78, 5) is 7.72. The van der Waals surface area contributed by atoms with Crippen molar-refractivity contribution in [2.24, 2.45) is 0 Å². The number of benzene rings is 2. The maximum Gasteiger partial charge on any atom is 0.124 e. The zero-order valence-corrected chi connectivity index (χ0v) is 18.1. The Labute approximate surface area is 181 Å². The lowest BCUT2D eigenvalue weighted by Gasteiger charge is -2.16. The summed E-state index contributed by atoms with van der Waals surface area (Å²) in [6.07, 6.45) is 4.37. The fourth-order valence-electron chi connectivity index (χ4n) is 3.45. The fraction of sp³-hybridized carbons (Fsp3) is 0.0870. The number of nitrogens with zero attached hydrogens (tertiary/aromatic N) is 1. The molecule has 5 heteroatoms. The van der Waals surface area contributed by atoms with Crippen molar-refractivity contribution in [2.45, 2.75) is 13.3 Å². The van der Waals surface area contributed by atoms with Crippen LogP contribution in [0.4, 0.5) is 4.39 Å². The summed E-state index contributed by atoms with van der Waals surface area (Å²) in [5.74, 6) is -0.336. The maximum atomic E-state index is 13.6. The van der Waals surface area contributed by atoms with Crippen molar-refractivity contribution < 1.29 is 4.39 Å². The van der Waals surface area contributed by atoms with E-state index in [-0.39, 0.29) is 5.82 Å². The smallest absolute Gasteiger partial charge is 0.124 e. The van der Waals surface area contributed by atoms with Gasteiger partial charge in [0.15, 0.2) is 0 Å². The first-order valence-electron chi connectivity index (χ1n) is 8.94. The van der Waals surface area contributed by atoms with E-state index in [1.807, 2.05) is 12.3 Å². The molecule has 0 spiro atoms. The second-order valence-corrected chi connectivity index (χ2v) is 8.14. The average Bonchev–Trinajstić information content (AvgIpc) is 3.11. The number of fused-ring (bicyclic) bond motifs is 1. The van der Waals surface area contributed by atoms with Gasteiger partial charge >= 0.3 is 0 Å². The van der Waals surface area contributed by atoms with E-state index < -0.39 is 0 Å². The van der Waals surface area contributed by atoms with Crippen LogP contribution in [-0.2, 0) is 0 Å². The lowest BCUT2D eigenvalue weighted by atomic mass is 9.91. The van der Waals surface area contributed by atoms with Crippen molar-refractivity contribution >= 4 is 56.2 Å². The molecule has 0 saturated carbocycles. The summed E-state index contributed by atoms with van der Waals surface area (Å²) >= 11 is 8.73. The third-order valence-corrected chi connectivity index (χ3v) is 5.77. The molecule has 0 aliphatic carbocycles. The Morgan fingerprint density at radius 2 is 1.89 bits per heavy atom. The van der Waals surface area contributed by atoms with E-state index in [2.05, 4.69) is 69.8 Å². The van der Waals surface area contributed by atoms with Crippen LogP contribution in [0.25, 0.3) is 22.0 Å². The zero-order valence-electron chi connectivity index (χ0n) is 15.1. The molecule has 0 radical (unpaired) electrons. The molecule has 0 aliphatic rings. The van der Waals surface area contributed by atoms with Gasteiger partial charge in [0.1, 0.15) is 5.82 Å². The van der Waals surface area contributed by atoms with Gasteiger partial charge in [0.2, 0.25) is 0 Å². The normalized spacial score (nSPS) is 12.3. The third kappa shape index (κ3) is 3.71. The standard InChI is InChI=1S/C23H17ClFIN2/c1-2-18(19-8-5-16(25)12-20(19)24)23(14-3-6-17(26)7-4-14)22-11-15-13-27-10-9-21(15)28-22/h3-13,28H,2H2,1H3/b23-18+. The number of halogens is 3. The molecule has 0 fully saturated rings. The number of pyridine rings is 1. The van der Waals surface area contributed by atoms with Gasteiger partial charge in [-0.05, 0) is 82.1 Å². The van der Waals surface area contributed by atoms with Crippen LogP contribution in [-0.4, -0.2) is 9.97 Å². The topological polar surface area (TPSA) is 28.7 Å². The van der Waals surface area contributed by atoms with Crippen LogP contribution in [0, 0.1) is 9.39 Å². The highest BCUT2D eigenvalue weighted by molar-refractivity contribution is 14.1. The molecule has 0 aliphatic heterocycles. The molecule has 0 unspecified atom stereocenters. The van der Waals surface area contributed by atoms with Crippen molar-refractivity contribution in [1.82, 2.24) is 9.97 Å². The first kappa shape index (κ1) is 19.2. The summed E-state index contributed by atoms with van der Waals surface area (Å²) < 4.78 is 14.8. The van der Waals surface area contributed by atoms with E-state index in [4.69, 9.17) is 11.6 Å². The maximum absolute atomic E-state index is 13.6. The van der Waals surface area contributed by atoms with E-state index >= 15 is 0 Å². The quantitative estimate of drug-likeness (QED) is 0.230. The molecule has 0 atom stereocenters. The highest BCUT2D eigenvalue weighted by Gasteiger charge is 2.17. The molecular weight excluding hydrogens is 486 g/mol. The average molecular weight is 503 g/mol. The highest BCUT2D eigenvalue weighted by Crippen LogP contribution is 2.38. The molecule has 1 N–H and O–H groups in total. The molecule has 2 aromatic heterocycles. The number of nitrogens with one attached hydrogen (secondary N) is 1. The van der Waals surface area contributed by atoms with Crippen molar-refractivity contribution in [1.29, 1.82) is 0 Å². The van der Waals surface area contributed by atoms with Gasteiger partial charge in [-0.2, -0.15) is 0 Å². The Morgan fingerprint density at radius 1 is 1.11 bits per heavy atom. The Morgan fingerprint density at radius 3 is 2.57 bits per heavy atom. The number of H-pyrrole nitrogens is 1. The molecule has 2 heterocycles. The van der Waals surface area contributed by atoms with E-state index in [1.165, 1.54) is 15.7 Å². The van der Waals surface area contributed by atoms with Crippen molar-refractivity contribution in [3.8, 4) is 0 Å². The number of aromatic nitrogens is 2. The van der Waals surface area contributed by atoms with Crippen LogP contribution in [0.15, 0.2) is 67.0 Å². The van der Waals surface area contributed by atoms with Crippen LogP contribution in [0.2, 0.25) is 5.02 Å². The number of allylic oxidation sites excluding steroid dienone is 1. The number of rotatable bonds is 4. The molecule has 4 aromatic rings. The molecule has 0 amide bonds. The predicted molar refractivity (Wildman–Crippen MR) is 123 cm³/mol. The van der Waals surface area contributed by atoms with Gasteiger partial charge in [-0.1, -0.05) is 36.7 Å². The zero-order chi connectivity index (χ0) is 19.7. The molecule has 0 bridgehead atoms. The Bertz CT molecular complexity index is 1150. The summed E-state index contributed by atoms with van der Waals surface area (Å²) in [5, 5.41) is 1.46. The van der Waals surface area contributed by atoms with Gasteiger partial charge in [-0.3, -0.25) is 4.98 Å². The van der Waals surface area contributed by atoms with Gasteiger partial charge in [-0.25, -0.2) is 4.39 Å². The largest absolute Gasteiger partial charge is 0.354 e. The highest BCUT2D eigenvalue weighted by atomic mass is 127. The van der Waals surface area contributed by atoms with E-state index in [0.717, 1.165) is 45.3 Å². The fourth-order valence-corrected chi connectivity index (χ4v) is 4.09. The minimum atomic E-state index is -0.336.